The van der Waals surface area contributed by atoms with E-state index in [2.05, 4.69) is 33.0 Å². The number of hydrogen-bond acceptors (Lipinski definition) is 3. The van der Waals surface area contributed by atoms with Crippen LogP contribution in [0.2, 0.25) is 0 Å². The van der Waals surface area contributed by atoms with E-state index in [0.29, 0.717) is 13.1 Å². The third kappa shape index (κ3) is 2.99. The standard InChI is InChI=1S/C13H24N2O2/c1-12(2)8-15(9-13(3,4)17-12)11(16)10-6-5-7-14-10/h10,14H,5-9H2,1-4H3/t10-/m0/s1. The quantitative estimate of drug-likeness (QED) is 0.747. The molecule has 2 aliphatic rings. The van der Waals surface area contributed by atoms with Crippen molar-refractivity contribution in [3.63, 3.8) is 0 Å². The van der Waals surface area contributed by atoms with Gasteiger partial charge in [-0.25, -0.2) is 0 Å². The summed E-state index contributed by atoms with van der Waals surface area (Å²) in [6, 6.07) is 0.0275. The van der Waals surface area contributed by atoms with Crippen LogP contribution in [0.3, 0.4) is 0 Å². The Balaban J connectivity index is 2.07. The van der Waals surface area contributed by atoms with Crippen molar-refractivity contribution < 1.29 is 9.53 Å². The maximum Gasteiger partial charge on any atom is 0.239 e. The highest BCUT2D eigenvalue weighted by Gasteiger charge is 2.41. The van der Waals surface area contributed by atoms with Crippen molar-refractivity contribution in [1.82, 2.24) is 10.2 Å². The Bertz CT molecular complexity index is 291. The zero-order valence-electron chi connectivity index (χ0n) is 11.4. The number of carbonyl (C=O) groups excluding carboxylic acids is 1. The Labute approximate surface area is 104 Å². The largest absolute Gasteiger partial charge is 0.366 e. The maximum atomic E-state index is 12.4. The van der Waals surface area contributed by atoms with Crippen LogP contribution >= 0.6 is 0 Å². The van der Waals surface area contributed by atoms with Gasteiger partial charge >= 0.3 is 0 Å². The molecule has 0 radical (unpaired) electrons. The van der Waals surface area contributed by atoms with E-state index >= 15 is 0 Å². The fourth-order valence-corrected chi connectivity index (χ4v) is 3.06. The summed E-state index contributed by atoms with van der Waals surface area (Å²) in [5, 5.41) is 3.28. The molecule has 0 aromatic rings. The van der Waals surface area contributed by atoms with Gasteiger partial charge in [0.1, 0.15) is 0 Å². The molecule has 0 aliphatic carbocycles. The first kappa shape index (κ1) is 12.8. The molecule has 0 spiro atoms. The van der Waals surface area contributed by atoms with Crippen molar-refractivity contribution in [2.75, 3.05) is 19.6 Å². The van der Waals surface area contributed by atoms with Crippen molar-refractivity contribution in [2.24, 2.45) is 0 Å². The maximum absolute atomic E-state index is 12.4. The van der Waals surface area contributed by atoms with Crippen molar-refractivity contribution in [3.05, 3.63) is 0 Å². The molecular formula is C13H24N2O2. The van der Waals surface area contributed by atoms with Gasteiger partial charge in [-0.15, -0.1) is 0 Å². The van der Waals surface area contributed by atoms with Gasteiger partial charge in [0.2, 0.25) is 5.91 Å². The van der Waals surface area contributed by atoms with Gasteiger partial charge in [0, 0.05) is 13.1 Å². The number of nitrogens with one attached hydrogen (secondary N) is 1. The average molecular weight is 240 g/mol. The molecule has 98 valence electrons. The molecule has 2 aliphatic heterocycles. The minimum atomic E-state index is -0.254. The number of morpholine rings is 1. The Morgan fingerprint density at radius 1 is 1.24 bits per heavy atom. The van der Waals surface area contributed by atoms with Crippen LogP contribution < -0.4 is 5.32 Å². The van der Waals surface area contributed by atoms with Gasteiger partial charge in [-0.3, -0.25) is 4.79 Å². The van der Waals surface area contributed by atoms with E-state index < -0.39 is 0 Å². The molecule has 17 heavy (non-hydrogen) atoms. The lowest BCUT2D eigenvalue weighted by atomic mass is 9.98. The topological polar surface area (TPSA) is 41.6 Å². The van der Waals surface area contributed by atoms with E-state index in [4.69, 9.17) is 4.74 Å². The van der Waals surface area contributed by atoms with Gasteiger partial charge in [-0.1, -0.05) is 0 Å². The highest BCUT2D eigenvalue weighted by Crippen LogP contribution is 2.28. The van der Waals surface area contributed by atoms with Crippen LogP contribution in [-0.2, 0) is 9.53 Å². The minimum absolute atomic E-state index is 0.0275. The first-order valence-corrected chi connectivity index (χ1v) is 6.51. The number of ether oxygens (including phenoxy) is 1. The molecule has 1 amide bonds. The van der Waals surface area contributed by atoms with Gasteiger partial charge in [-0.2, -0.15) is 0 Å². The highest BCUT2D eigenvalue weighted by molar-refractivity contribution is 5.82. The van der Waals surface area contributed by atoms with Gasteiger partial charge in [0.05, 0.1) is 17.2 Å². The van der Waals surface area contributed by atoms with Crippen LogP contribution in [0.1, 0.15) is 40.5 Å². The SMILES string of the molecule is CC1(C)CN(C(=O)[C@@H]2CCCN2)CC(C)(C)O1. The summed E-state index contributed by atoms with van der Waals surface area (Å²) in [7, 11) is 0. The second-order valence-electron chi connectivity index (χ2n) is 6.46. The van der Waals surface area contributed by atoms with Crippen molar-refractivity contribution in [3.8, 4) is 0 Å². The number of rotatable bonds is 1. The molecule has 1 atom stereocenters. The molecule has 2 saturated heterocycles. The molecule has 4 nitrogen and oxygen atoms in total. The van der Waals surface area contributed by atoms with Crippen LogP contribution in [0.25, 0.3) is 0 Å². The van der Waals surface area contributed by atoms with Crippen LogP contribution in [0.5, 0.6) is 0 Å². The van der Waals surface area contributed by atoms with E-state index in [-0.39, 0.29) is 23.2 Å². The smallest absolute Gasteiger partial charge is 0.239 e. The number of amides is 1. The van der Waals surface area contributed by atoms with Crippen molar-refractivity contribution in [1.29, 1.82) is 0 Å². The fraction of sp³-hybridized carbons (Fsp3) is 0.923. The van der Waals surface area contributed by atoms with Gasteiger partial charge in [-0.05, 0) is 47.1 Å². The second kappa shape index (κ2) is 4.25. The van der Waals surface area contributed by atoms with Crippen molar-refractivity contribution >= 4 is 5.91 Å². The average Bonchev–Trinajstić information content (AvgIpc) is 2.63. The van der Waals surface area contributed by atoms with Crippen LogP contribution in [0.15, 0.2) is 0 Å². The number of hydrogen-bond donors (Lipinski definition) is 1. The molecule has 0 aromatic heterocycles. The summed E-state index contributed by atoms with van der Waals surface area (Å²) in [5.41, 5.74) is -0.508. The van der Waals surface area contributed by atoms with E-state index in [1.165, 1.54) is 0 Å². The van der Waals surface area contributed by atoms with Gasteiger partial charge in [0.25, 0.3) is 0 Å². The minimum Gasteiger partial charge on any atom is -0.366 e. The molecule has 2 heterocycles. The predicted molar refractivity (Wildman–Crippen MR) is 66.8 cm³/mol. The lowest BCUT2D eigenvalue weighted by Crippen LogP contribution is -2.61. The van der Waals surface area contributed by atoms with E-state index in [1.807, 2.05) is 4.90 Å². The molecule has 1 N–H and O–H groups in total. The predicted octanol–water partition coefficient (Wildman–Crippen LogP) is 1.15. The summed E-state index contributed by atoms with van der Waals surface area (Å²) >= 11 is 0. The third-order valence-corrected chi connectivity index (χ3v) is 3.37. The summed E-state index contributed by atoms with van der Waals surface area (Å²) in [6.45, 7) is 10.5. The fourth-order valence-electron chi connectivity index (χ4n) is 3.06. The monoisotopic (exact) mass is 240 g/mol. The van der Waals surface area contributed by atoms with Crippen LogP contribution in [0.4, 0.5) is 0 Å². The molecule has 2 rings (SSSR count). The lowest BCUT2D eigenvalue weighted by Gasteiger charge is -2.47. The summed E-state index contributed by atoms with van der Waals surface area (Å²) in [5.74, 6) is 0.243. The number of nitrogens with zero attached hydrogens (tertiary/aromatic N) is 1. The zero-order chi connectivity index (χ0) is 12.7. The van der Waals surface area contributed by atoms with Crippen LogP contribution in [-0.4, -0.2) is 47.7 Å². The Hall–Kier alpha value is -0.610. The molecule has 0 saturated carbocycles. The highest BCUT2D eigenvalue weighted by atomic mass is 16.5. The summed E-state index contributed by atoms with van der Waals surface area (Å²) < 4.78 is 5.99. The van der Waals surface area contributed by atoms with E-state index in [0.717, 1.165) is 19.4 Å². The molecule has 0 aromatic carbocycles. The molecular weight excluding hydrogens is 216 g/mol. The molecule has 0 bridgehead atoms. The Morgan fingerprint density at radius 3 is 2.29 bits per heavy atom. The lowest BCUT2D eigenvalue weighted by molar-refractivity contribution is -0.188. The second-order valence-corrected chi connectivity index (χ2v) is 6.46. The molecule has 2 fully saturated rings. The van der Waals surface area contributed by atoms with Crippen LogP contribution in [0, 0.1) is 0 Å². The van der Waals surface area contributed by atoms with E-state index in [9.17, 15) is 4.79 Å². The zero-order valence-corrected chi connectivity index (χ0v) is 11.4. The van der Waals surface area contributed by atoms with E-state index in [1.54, 1.807) is 0 Å². The Kier molecular flexibility index (Phi) is 3.21. The Morgan fingerprint density at radius 2 is 1.82 bits per heavy atom. The summed E-state index contributed by atoms with van der Waals surface area (Å²) in [6.07, 6.45) is 2.07. The molecule has 0 unspecified atom stereocenters. The number of carbonyl (C=O) groups is 1. The normalized spacial score (nSPS) is 31.5. The first-order chi connectivity index (χ1) is 7.79. The first-order valence-electron chi connectivity index (χ1n) is 6.51. The molecule has 4 heteroatoms. The third-order valence-electron chi connectivity index (χ3n) is 3.37. The van der Waals surface area contributed by atoms with Gasteiger partial charge in [0.15, 0.2) is 0 Å². The summed E-state index contributed by atoms with van der Waals surface area (Å²) in [4.78, 5) is 14.3. The van der Waals surface area contributed by atoms with Gasteiger partial charge < -0.3 is 15.0 Å². The van der Waals surface area contributed by atoms with Crippen molar-refractivity contribution in [2.45, 2.75) is 57.8 Å².